The lowest BCUT2D eigenvalue weighted by Crippen LogP contribution is -2.38. The smallest absolute Gasteiger partial charge is 0.229 e. The number of nitrogens with zero attached hydrogens (tertiary/aromatic N) is 1. The molecule has 92 valence electrons. The van der Waals surface area contributed by atoms with Gasteiger partial charge in [0, 0.05) is 17.5 Å². The Labute approximate surface area is 110 Å². The highest BCUT2D eigenvalue weighted by Crippen LogP contribution is 2.23. The summed E-state index contributed by atoms with van der Waals surface area (Å²) in [6.45, 7) is 0. The Balaban J connectivity index is 1.79. The van der Waals surface area contributed by atoms with Crippen molar-refractivity contribution in [2.24, 2.45) is 5.92 Å². The van der Waals surface area contributed by atoms with Crippen molar-refractivity contribution in [2.45, 2.75) is 32.1 Å². The Morgan fingerprint density at radius 3 is 2.82 bits per heavy atom. The molecule has 0 aliphatic heterocycles. The molecule has 0 unspecified atom stereocenters. The summed E-state index contributed by atoms with van der Waals surface area (Å²) in [5.74, 6) is 0.165. The quantitative estimate of drug-likeness (QED) is 0.810. The molecule has 0 radical (unpaired) electrons. The number of amides is 1. The van der Waals surface area contributed by atoms with E-state index in [0.29, 0.717) is 10.2 Å². The van der Waals surface area contributed by atoms with Crippen molar-refractivity contribution in [3.05, 3.63) is 11.6 Å². The monoisotopic (exact) mass is 269 g/mol. The molecule has 1 saturated carbocycles. The lowest BCUT2D eigenvalue weighted by Gasteiger charge is -2.20. The van der Waals surface area contributed by atoms with E-state index in [9.17, 15) is 4.79 Å². The standard InChI is InChI=1S/C11H15N3OS2/c15-9(8-4-2-1-3-5-8)13-10(16)14-11-12-6-7-17-11/h6-8H,1-5H2,(H2,12,13,14,15,16). The maximum absolute atomic E-state index is 11.9. The molecule has 6 heteroatoms. The van der Waals surface area contributed by atoms with Crippen LogP contribution in [0.25, 0.3) is 0 Å². The topological polar surface area (TPSA) is 54.0 Å². The van der Waals surface area contributed by atoms with Gasteiger partial charge in [-0.3, -0.25) is 4.79 Å². The number of rotatable bonds is 2. The maximum Gasteiger partial charge on any atom is 0.229 e. The zero-order valence-corrected chi connectivity index (χ0v) is 11.1. The second-order valence-electron chi connectivity index (χ2n) is 4.12. The van der Waals surface area contributed by atoms with Gasteiger partial charge in [-0.2, -0.15) is 0 Å². The minimum atomic E-state index is 0.0405. The van der Waals surface area contributed by atoms with E-state index in [-0.39, 0.29) is 11.8 Å². The second kappa shape index (κ2) is 6.07. The molecule has 0 bridgehead atoms. The summed E-state index contributed by atoms with van der Waals surface area (Å²) in [7, 11) is 0. The van der Waals surface area contributed by atoms with Crippen LogP contribution < -0.4 is 10.6 Å². The van der Waals surface area contributed by atoms with Crippen LogP contribution in [0.15, 0.2) is 11.6 Å². The van der Waals surface area contributed by atoms with Crippen LogP contribution in [0.3, 0.4) is 0 Å². The van der Waals surface area contributed by atoms with Gasteiger partial charge < -0.3 is 10.6 Å². The molecule has 0 spiro atoms. The van der Waals surface area contributed by atoms with Crippen molar-refractivity contribution in [2.75, 3.05) is 5.32 Å². The molecule has 1 amide bonds. The molecule has 1 aliphatic rings. The number of thiazole rings is 1. The summed E-state index contributed by atoms with van der Waals surface area (Å²) in [4.78, 5) is 15.9. The minimum Gasteiger partial charge on any atom is -0.308 e. The molecular formula is C11H15N3OS2. The van der Waals surface area contributed by atoms with Crippen molar-refractivity contribution in [1.82, 2.24) is 10.3 Å². The van der Waals surface area contributed by atoms with E-state index < -0.39 is 0 Å². The highest BCUT2D eigenvalue weighted by atomic mass is 32.1. The van der Waals surface area contributed by atoms with Gasteiger partial charge >= 0.3 is 0 Å². The van der Waals surface area contributed by atoms with Gasteiger partial charge in [0.1, 0.15) is 0 Å². The summed E-state index contributed by atoms with van der Waals surface area (Å²) >= 11 is 6.52. The maximum atomic E-state index is 11.9. The van der Waals surface area contributed by atoms with Gasteiger partial charge in [0.25, 0.3) is 0 Å². The SMILES string of the molecule is O=C(NC(=S)Nc1nccs1)C1CCCCC1. The highest BCUT2D eigenvalue weighted by molar-refractivity contribution is 7.80. The van der Waals surface area contributed by atoms with E-state index in [4.69, 9.17) is 12.2 Å². The summed E-state index contributed by atoms with van der Waals surface area (Å²) in [6, 6.07) is 0. The van der Waals surface area contributed by atoms with Crippen molar-refractivity contribution >= 4 is 39.7 Å². The number of hydrogen-bond donors (Lipinski definition) is 2. The van der Waals surface area contributed by atoms with Gasteiger partial charge in [-0.15, -0.1) is 11.3 Å². The molecule has 0 aromatic carbocycles. The molecule has 1 heterocycles. The van der Waals surface area contributed by atoms with Gasteiger partial charge in [-0.1, -0.05) is 19.3 Å². The van der Waals surface area contributed by atoms with E-state index in [1.807, 2.05) is 5.38 Å². The van der Waals surface area contributed by atoms with Gasteiger partial charge in [-0.05, 0) is 25.1 Å². The summed E-state index contributed by atoms with van der Waals surface area (Å²) in [5.41, 5.74) is 0. The Morgan fingerprint density at radius 2 is 2.18 bits per heavy atom. The lowest BCUT2D eigenvalue weighted by molar-refractivity contribution is -0.124. The molecule has 4 nitrogen and oxygen atoms in total. The molecule has 2 N–H and O–H groups in total. The summed E-state index contributed by atoms with van der Waals surface area (Å²) < 4.78 is 0. The van der Waals surface area contributed by atoms with Crippen molar-refractivity contribution < 1.29 is 4.79 Å². The number of nitrogens with one attached hydrogen (secondary N) is 2. The largest absolute Gasteiger partial charge is 0.308 e. The predicted octanol–water partition coefficient (Wildman–Crippen LogP) is 2.54. The zero-order chi connectivity index (χ0) is 12.1. The fraction of sp³-hybridized carbons (Fsp3) is 0.545. The highest BCUT2D eigenvalue weighted by Gasteiger charge is 2.21. The summed E-state index contributed by atoms with van der Waals surface area (Å²) in [5, 5.41) is 8.54. The molecule has 0 atom stereocenters. The number of carbonyl (C=O) groups is 1. The van der Waals surface area contributed by atoms with E-state index in [0.717, 1.165) is 25.7 Å². The van der Waals surface area contributed by atoms with Crippen molar-refractivity contribution in [3.8, 4) is 0 Å². The predicted molar refractivity (Wildman–Crippen MR) is 73.1 cm³/mol. The fourth-order valence-electron chi connectivity index (χ4n) is 1.99. The molecule has 1 aliphatic carbocycles. The first-order chi connectivity index (χ1) is 8.25. The molecule has 1 aromatic heterocycles. The molecule has 1 aromatic rings. The number of anilines is 1. The first kappa shape index (κ1) is 12.4. The first-order valence-electron chi connectivity index (χ1n) is 5.77. The van der Waals surface area contributed by atoms with E-state index in [2.05, 4.69) is 15.6 Å². The van der Waals surface area contributed by atoms with Gasteiger partial charge in [0.15, 0.2) is 10.2 Å². The first-order valence-corrected chi connectivity index (χ1v) is 7.06. The summed E-state index contributed by atoms with van der Waals surface area (Å²) in [6.07, 6.45) is 7.18. The average molecular weight is 269 g/mol. The Morgan fingerprint density at radius 1 is 1.41 bits per heavy atom. The fourth-order valence-corrected chi connectivity index (χ4v) is 2.79. The van der Waals surface area contributed by atoms with Crippen LogP contribution in [0.2, 0.25) is 0 Å². The molecular weight excluding hydrogens is 254 g/mol. The molecule has 2 rings (SSSR count). The molecule has 1 fully saturated rings. The number of carbonyl (C=O) groups excluding carboxylic acids is 1. The third kappa shape index (κ3) is 3.74. The van der Waals surface area contributed by atoms with Crippen LogP contribution in [0.5, 0.6) is 0 Å². The van der Waals surface area contributed by atoms with Gasteiger partial charge in [0.05, 0.1) is 0 Å². The third-order valence-electron chi connectivity index (χ3n) is 2.87. The lowest BCUT2D eigenvalue weighted by atomic mass is 9.89. The molecule has 0 saturated heterocycles. The minimum absolute atomic E-state index is 0.0405. The number of hydrogen-bond acceptors (Lipinski definition) is 4. The second-order valence-corrected chi connectivity index (χ2v) is 5.42. The van der Waals surface area contributed by atoms with Crippen molar-refractivity contribution in [1.29, 1.82) is 0 Å². The van der Waals surface area contributed by atoms with Crippen LogP contribution in [0.1, 0.15) is 32.1 Å². The van der Waals surface area contributed by atoms with Gasteiger partial charge in [-0.25, -0.2) is 4.98 Å². The van der Waals surface area contributed by atoms with E-state index in [1.165, 1.54) is 17.8 Å². The van der Waals surface area contributed by atoms with Crippen LogP contribution in [0.4, 0.5) is 5.13 Å². The Hall–Kier alpha value is -1.01. The van der Waals surface area contributed by atoms with Crippen LogP contribution in [0, 0.1) is 5.92 Å². The van der Waals surface area contributed by atoms with Gasteiger partial charge in [0.2, 0.25) is 5.91 Å². The number of thiocarbonyl (C=S) groups is 1. The van der Waals surface area contributed by atoms with Crippen molar-refractivity contribution in [3.63, 3.8) is 0 Å². The Kier molecular flexibility index (Phi) is 4.44. The third-order valence-corrected chi connectivity index (χ3v) is 3.76. The number of aromatic nitrogens is 1. The normalized spacial score (nSPS) is 16.5. The Bertz CT molecular complexity index is 385. The van der Waals surface area contributed by atoms with Crippen LogP contribution in [-0.2, 0) is 4.79 Å². The van der Waals surface area contributed by atoms with E-state index in [1.54, 1.807) is 6.20 Å². The zero-order valence-electron chi connectivity index (χ0n) is 9.44. The average Bonchev–Trinajstić information content (AvgIpc) is 2.82. The van der Waals surface area contributed by atoms with Crippen LogP contribution >= 0.6 is 23.6 Å². The molecule has 17 heavy (non-hydrogen) atoms. The van der Waals surface area contributed by atoms with E-state index >= 15 is 0 Å². The van der Waals surface area contributed by atoms with Crippen LogP contribution in [-0.4, -0.2) is 16.0 Å².